The summed E-state index contributed by atoms with van der Waals surface area (Å²) in [5.41, 5.74) is 6.53. The standard InChI is InChI=1S/C15H17N7O2S2/c1-23-10-6-4-3-5-9(10)17-14-19-11(18-13(16)20-14)7-26-15-22-21-12(24-15)8-25-2/h3-6H,7-8H2,1-2H3,(H3,16,17,18,19,20). The first-order valence-electron chi connectivity index (χ1n) is 7.52. The van der Waals surface area contributed by atoms with Crippen molar-refractivity contribution in [1.82, 2.24) is 25.1 Å². The summed E-state index contributed by atoms with van der Waals surface area (Å²) in [6.07, 6.45) is 1.97. The molecular weight excluding hydrogens is 374 g/mol. The molecular formula is C15H17N7O2S2. The fourth-order valence-corrected chi connectivity index (χ4v) is 3.03. The first kappa shape index (κ1) is 18.3. The van der Waals surface area contributed by atoms with Crippen molar-refractivity contribution in [2.45, 2.75) is 16.7 Å². The van der Waals surface area contributed by atoms with Crippen LogP contribution in [0.15, 0.2) is 33.9 Å². The molecule has 2 aromatic heterocycles. The van der Waals surface area contributed by atoms with Crippen LogP contribution in [0.1, 0.15) is 11.7 Å². The lowest BCUT2D eigenvalue weighted by atomic mass is 10.3. The normalized spacial score (nSPS) is 10.7. The van der Waals surface area contributed by atoms with Gasteiger partial charge in [0.05, 0.1) is 24.3 Å². The Morgan fingerprint density at radius 1 is 1.15 bits per heavy atom. The van der Waals surface area contributed by atoms with E-state index in [1.165, 1.54) is 11.8 Å². The van der Waals surface area contributed by atoms with Gasteiger partial charge >= 0.3 is 0 Å². The second-order valence-corrected chi connectivity index (χ2v) is 6.73. The van der Waals surface area contributed by atoms with E-state index in [1.807, 2.05) is 30.5 Å². The van der Waals surface area contributed by atoms with Gasteiger partial charge in [-0.25, -0.2) is 0 Å². The van der Waals surface area contributed by atoms with Gasteiger partial charge in [0.25, 0.3) is 5.22 Å². The minimum Gasteiger partial charge on any atom is -0.495 e. The van der Waals surface area contributed by atoms with Crippen LogP contribution in [0, 0.1) is 0 Å². The largest absolute Gasteiger partial charge is 0.495 e. The van der Waals surface area contributed by atoms with Crippen LogP contribution in [0.3, 0.4) is 0 Å². The zero-order chi connectivity index (χ0) is 18.4. The molecule has 3 rings (SSSR count). The number of ether oxygens (including phenoxy) is 1. The van der Waals surface area contributed by atoms with Gasteiger partial charge in [0.15, 0.2) is 0 Å². The van der Waals surface area contributed by atoms with Crippen molar-refractivity contribution in [3.05, 3.63) is 36.0 Å². The summed E-state index contributed by atoms with van der Waals surface area (Å²) < 4.78 is 10.8. The molecule has 0 radical (unpaired) electrons. The van der Waals surface area contributed by atoms with Crippen molar-refractivity contribution < 1.29 is 9.15 Å². The lowest BCUT2D eigenvalue weighted by Gasteiger charge is -2.10. The molecule has 0 amide bonds. The minimum atomic E-state index is 0.126. The maximum Gasteiger partial charge on any atom is 0.277 e. The molecule has 3 aromatic rings. The molecule has 0 aliphatic rings. The van der Waals surface area contributed by atoms with Gasteiger partial charge in [-0.2, -0.15) is 26.7 Å². The van der Waals surface area contributed by atoms with Gasteiger partial charge in [-0.1, -0.05) is 23.9 Å². The summed E-state index contributed by atoms with van der Waals surface area (Å²) in [7, 11) is 1.60. The van der Waals surface area contributed by atoms with Crippen LogP contribution in [0.5, 0.6) is 5.75 Å². The maximum atomic E-state index is 5.80. The Labute approximate surface area is 158 Å². The lowest BCUT2D eigenvalue weighted by molar-refractivity contribution is 0.417. The van der Waals surface area contributed by atoms with E-state index in [9.17, 15) is 0 Å². The second kappa shape index (κ2) is 8.72. The minimum absolute atomic E-state index is 0.126. The van der Waals surface area contributed by atoms with Crippen LogP contribution in [-0.4, -0.2) is 38.5 Å². The molecule has 1 aromatic carbocycles. The fourth-order valence-electron chi connectivity index (χ4n) is 2.03. The average Bonchev–Trinajstić information content (AvgIpc) is 3.08. The van der Waals surface area contributed by atoms with E-state index in [0.29, 0.717) is 40.1 Å². The van der Waals surface area contributed by atoms with Crippen molar-refractivity contribution in [2.24, 2.45) is 0 Å². The first-order valence-corrected chi connectivity index (χ1v) is 9.90. The molecule has 0 saturated carbocycles. The number of nitrogens with one attached hydrogen (secondary N) is 1. The maximum absolute atomic E-state index is 5.80. The van der Waals surface area contributed by atoms with Crippen molar-refractivity contribution in [3.63, 3.8) is 0 Å². The van der Waals surface area contributed by atoms with Gasteiger partial charge in [0, 0.05) is 0 Å². The number of methoxy groups -OCH3 is 1. The van der Waals surface area contributed by atoms with Gasteiger partial charge in [-0.05, 0) is 18.4 Å². The summed E-state index contributed by atoms with van der Waals surface area (Å²) in [5, 5.41) is 11.5. The highest BCUT2D eigenvalue weighted by Crippen LogP contribution is 2.26. The van der Waals surface area contributed by atoms with E-state index in [2.05, 4.69) is 30.5 Å². The monoisotopic (exact) mass is 391 g/mol. The number of aromatic nitrogens is 5. The van der Waals surface area contributed by atoms with Gasteiger partial charge in [-0.3, -0.25) is 0 Å². The van der Waals surface area contributed by atoms with Crippen molar-refractivity contribution in [2.75, 3.05) is 24.4 Å². The molecule has 0 spiro atoms. The Balaban J connectivity index is 1.70. The highest BCUT2D eigenvalue weighted by Gasteiger charge is 2.11. The van der Waals surface area contributed by atoms with E-state index < -0.39 is 0 Å². The second-order valence-electron chi connectivity index (χ2n) is 4.94. The summed E-state index contributed by atoms with van der Waals surface area (Å²) >= 11 is 2.96. The Bertz CT molecular complexity index is 875. The molecule has 0 aliphatic carbocycles. The SMILES string of the molecule is COc1ccccc1Nc1nc(N)nc(CSc2nnc(CSC)o2)n1. The van der Waals surface area contributed by atoms with Gasteiger partial charge in [-0.15, -0.1) is 10.2 Å². The quantitative estimate of drug-likeness (QED) is 0.550. The molecule has 0 fully saturated rings. The number of nitrogen functional groups attached to an aromatic ring is 1. The molecule has 136 valence electrons. The zero-order valence-electron chi connectivity index (χ0n) is 14.2. The predicted molar refractivity (Wildman–Crippen MR) is 102 cm³/mol. The van der Waals surface area contributed by atoms with Crippen LogP contribution in [0.2, 0.25) is 0 Å². The lowest BCUT2D eigenvalue weighted by Crippen LogP contribution is -2.07. The van der Waals surface area contributed by atoms with E-state index in [-0.39, 0.29) is 5.95 Å². The average molecular weight is 391 g/mol. The van der Waals surface area contributed by atoms with Crippen molar-refractivity contribution >= 4 is 41.1 Å². The molecule has 9 nitrogen and oxygen atoms in total. The van der Waals surface area contributed by atoms with E-state index in [0.717, 1.165) is 5.69 Å². The van der Waals surface area contributed by atoms with Crippen LogP contribution >= 0.6 is 23.5 Å². The number of hydrogen-bond acceptors (Lipinski definition) is 11. The molecule has 0 unspecified atom stereocenters. The number of thioether (sulfide) groups is 2. The molecule has 3 N–H and O–H groups in total. The van der Waals surface area contributed by atoms with Crippen molar-refractivity contribution in [1.29, 1.82) is 0 Å². The molecule has 0 atom stereocenters. The molecule has 0 bridgehead atoms. The van der Waals surface area contributed by atoms with Crippen LogP contribution < -0.4 is 15.8 Å². The van der Waals surface area contributed by atoms with E-state index in [4.69, 9.17) is 14.9 Å². The highest BCUT2D eigenvalue weighted by molar-refractivity contribution is 7.98. The smallest absolute Gasteiger partial charge is 0.277 e. The Kier molecular flexibility index (Phi) is 6.12. The number of para-hydroxylation sites is 2. The van der Waals surface area contributed by atoms with E-state index in [1.54, 1.807) is 18.9 Å². The van der Waals surface area contributed by atoms with E-state index >= 15 is 0 Å². The Morgan fingerprint density at radius 3 is 2.81 bits per heavy atom. The summed E-state index contributed by atoms with van der Waals surface area (Å²) in [4.78, 5) is 12.6. The Hall–Kier alpha value is -2.53. The summed E-state index contributed by atoms with van der Waals surface area (Å²) in [5.74, 6) is 3.34. The molecule has 2 heterocycles. The number of hydrogen-bond donors (Lipinski definition) is 2. The zero-order valence-corrected chi connectivity index (χ0v) is 15.8. The van der Waals surface area contributed by atoms with Gasteiger partial charge < -0.3 is 20.2 Å². The Morgan fingerprint density at radius 2 is 2.00 bits per heavy atom. The number of nitrogens with two attached hydrogens (primary N) is 1. The number of nitrogens with zero attached hydrogens (tertiary/aromatic N) is 5. The van der Waals surface area contributed by atoms with Crippen molar-refractivity contribution in [3.8, 4) is 5.75 Å². The third-order valence-corrected chi connectivity index (χ3v) is 4.44. The molecule has 0 saturated heterocycles. The number of rotatable bonds is 8. The van der Waals surface area contributed by atoms with Crippen LogP contribution in [0.25, 0.3) is 0 Å². The number of benzene rings is 1. The molecule has 0 aliphatic heterocycles. The number of anilines is 3. The molecule has 11 heteroatoms. The van der Waals surface area contributed by atoms with Gasteiger partial charge in [0.2, 0.25) is 17.8 Å². The molecule has 26 heavy (non-hydrogen) atoms. The van der Waals surface area contributed by atoms with Crippen LogP contribution in [-0.2, 0) is 11.5 Å². The fraction of sp³-hybridized carbons (Fsp3) is 0.267. The topological polar surface area (TPSA) is 125 Å². The highest BCUT2D eigenvalue weighted by atomic mass is 32.2. The predicted octanol–water partition coefficient (Wildman–Crippen LogP) is 2.74. The van der Waals surface area contributed by atoms with Crippen LogP contribution in [0.4, 0.5) is 17.6 Å². The first-order chi connectivity index (χ1) is 12.7. The third-order valence-electron chi connectivity index (χ3n) is 3.09. The summed E-state index contributed by atoms with van der Waals surface area (Å²) in [6.45, 7) is 0. The third kappa shape index (κ3) is 4.76. The summed E-state index contributed by atoms with van der Waals surface area (Å²) in [6, 6.07) is 7.46. The van der Waals surface area contributed by atoms with Gasteiger partial charge in [0.1, 0.15) is 11.6 Å².